The van der Waals surface area contributed by atoms with Gasteiger partial charge >= 0.3 is 0 Å². The number of hydrogen-bond donors (Lipinski definition) is 1. The van der Waals surface area contributed by atoms with E-state index in [-0.39, 0.29) is 5.91 Å². The van der Waals surface area contributed by atoms with Gasteiger partial charge in [-0.2, -0.15) is 0 Å². The third-order valence-corrected chi connectivity index (χ3v) is 3.60. The van der Waals surface area contributed by atoms with E-state index in [2.05, 4.69) is 5.32 Å². The summed E-state index contributed by atoms with van der Waals surface area (Å²) in [7, 11) is 1.65. The molecule has 1 fully saturated rings. The highest BCUT2D eigenvalue weighted by Crippen LogP contribution is 2.38. The Kier molecular flexibility index (Phi) is 2.42. The third kappa shape index (κ3) is 1.64. The molecule has 4 nitrogen and oxygen atoms in total. The average Bonchev–Trinajstić information content (AvgIpc) is 2.30. The standard InChI is InChI=1S/C13H16N2O2/c1-17-10-5-6-11-12(7-10)15(9-3-2-4-9)13(16)8-14-11/h5-7,9,14H,2-4,8H2,1H3. The minimum atomic E-state index is 0.162. The second-order valence-corrected chi connectivity index (χ2v) is 4.59. The van der Waals surface area contributed by atoms with Crippen LogP contribution in [0.2, 0.25) is 0 Å². The molecule has 0 unspecified atom stereocenters. The fourth-order valence-corrected chi connectivity index (χ4v) is 2.42. The molecule has 0 aromatic heterocycles. The number of nitrogens with one attached hydrogen (secondary N) is 1. The zero-order chi connectivity index (χ0) is 11.8. The number of benzene rings is 1. The summed E-state index contributed by atoms with van der Waals surface area (Å²) in [6, 6.07) is 6.22. The van der Waals surface area contributed by atoms with Crippen molar-refractivity contribution in [3.8, 4) is 5.75 Å². The number of nitrogens with zero attached hydrogens (tertiary/aromatic N) is 1. The molecule has 0 saturated heterocycles. The molecule has 17 heavy (non-hydrogen) atoms. The molecule has 0 spiro atoms. The highest BCUT2D eigenvalue weighted by atomic mass is 16.5. The third-order valence-electron chi connectivity index (χ3n) is 3.60. The van der Waals surface area contributed by atoms with Crippen molar-refractivity contribution in [3.63, 3.8) is 0 Å². The summed E-state index contributed by atoms with van der Waals surface area (Å²) in [4.78, 5) is 14.0. The first-order valence-corrected chi connectivity index (χ1v) is 6.03. The Labute approximate surface area is 101 Å². The van der Waals surface area contributed by atoms with Crippen LogP contribution in [0, 0.1) is 0 Å². The lowest BCUT2D eigenvalue weighted by atomic mass is 9.90. The van der Waals surface area contributed by atoms with Crippen LogP contribution >= 0.6 is 0 Å². The second kappa shape index (κ2) is 3.95. The minimum absolute atomic E-state index is 0.162. The molecule has 1 aromatic rings. The van der Waals surface area contributed by atoms with E-state index in [9.17, 15) is 4.79 Å². The number of carbonyl (C=O) groups is 1. The monoisotopic (exact) mass is 232 g/mol. The van der Waals surface area contributed by atoms with Crippen LogP contribution in [-0.4, -0.2) is 25.6 Å². The zero-order valence-corrected chi connectivity index (χ0v) is 9.90. The van der Waals surface area contributed by atoms with Crippen molar-refractivity contribution in [2.24, 2.45) is 0 Å². The predicted octanol–water partition coefficient (Wildman–Crippen LogP) is 2.01. The Hall–Kier alpha value is -1.71. The predicted molar refractivity (Wildman–Crippen MR) is 66.6 cm³/mol. The van der Waals surface area contributed by atoms with Gasteiger partial charge in [0.05, 0.1) is 25.0 Å². The summed E-state index contributed by atoms with van der Waals surface area (Å²) in [5.74, 6) is 0.958. The smallest absolute Gasteiger partial charge is 0.246 e. The van der Waals surface area contributed by atoms with Crippen LogP contribution in [0.3, 0.4) is 0 Å². The van der Waals surface area contributed by atoms with E-state index in [0.29, 0.717) is 12.6 Å². The number of amides is 1. The number of hydrogen-bond acceptors (Lipinski definition) is 3. The molecule has 1 aromatic carbocycles. The first-order valence-electron chi connectivity index (χ1n) is 6.03. The van der Waals surface area contributed by atoms with Crippen LogP contribution in [0.5, 0.6) is 5.75 Å². The minimum Gasteiger partial charge on any atom is -0.497 e. The van der Waals surface area contributed by atoms with E-state index < -0.39 is 0 Å². The molecule has 1 saturated carbocycles. The molecule has 1 heterocycles. The SMILES string of the molecule is COc1ccc2c(c1)N(C1CCC1)C(=O)CN2. The van der Waals surface area contributed by atoms with Crippen molar-refractivity contribution in [2.75, 3.05) is 23.9 Å². The van der Waals surface area contributed by atoms with Crippen LogP contribution < -0.4 is 15.0 Å². The molecule has 1 N–H and O–H groups in total. The number of fused-ring (bicyclic) bond motifs is 1. The maximum absolute atomic E-state index is 12.0. The van der Waals surface area contributed by atoms with E-state index in [0.717, 1.165) is 30.0 Å². The first-order chi connectivity index (χ1) is 8.29. The van der Waals surface area contributed by atoms with Gasteiger partial charge in [-0.25, -0.2) is 0 Å². The summed E-state index contributed by atoms with van der Waals surface area (Å²) >= 11 is 0. The number of anilines is 2. The average molecular weight is 232 g/mol. The summed E-state index contributed by atoms with van der Waals surface area (Å²) in [6.07, 6.45) is 3.45. The van der Waals surface area contributed by atoms with Crippen LogP contribution in [0.25, 0.3) is 0 Å². The molecule has 0 bridgehead atoms. The maximum atomic E-state index is 12.0. The quantitative estimate of drug-likeness (QED) is 0.848. The fourth-order valence-electron chi connectivity index (χ4n) is 2.42. The van der Waals surface area contributed by atoms with E-state index in [1.807, 2.05) is 23.1 Å². The van der Waals surface area contributed by atoms with E-state index in [1.54, 1.807) is 7.11 Å². The normalized spacial score (nSPS) is 19.4. The van der Waals surface area contributed by atoms with Gasteiger partial charge in [-0.3, -0.25) is 4.79 Å². The Bertz CT molecular complexity index is 455. The summed E-state index contributed by atoms with van der Waals surface area (Å²) in [5, 5.41) is 3.15. The summed E-state index contributed by atoms with van der Waals surface area (Å²) in [6.45, 7) is 0.399. The lowest BCUT2D eigenvalue weighted by molar-refractivity contribution is -0.118. The molecule has 1 aliphatic carbocycles. The van der Waals surface area contributed by atoms with Gasteiger partial charge in [0.1, 0.15) is 5.75 Å². The highest BCUT2D eigenvalue weighted by Gasteiger charge is 2.33. The number of carbonyl (C=O) groups excluding carboxylic acids is 1. The Balaban J connectivity index is 2.01. The number of ether oxygens (including phenoxy) is 1. The fraction of sp³-hybridized carbons (Fsp3) is 0.462. The van der Waals surface area contributed by atoms with Gasteiger partial charge in [-0.15, -0.1) is 0 Å². The van der Waals surface area contributed by atoms with Crippen molar-refractivity contribution in [1.82, 2.24) is 0 Å². The van der Waals surface area contributed by atoms with Crippen molar-refractivity contribution in [2.45, 2.75) is 25.3 Å². The molecule has 0 radical (unpaired) electrons. The lowest BCUT2D eigenvalue weighted by Crippen LogP contribution is -2.49. The molecular formula is C13H16N2O2. The van der Waals surface area contributed by atoms with E-state index >= 15 is 0 Å². The molecule has 2 aliphatic rings. The molecule has 1 aliphatic heterocycles. The molecule has 3 rings (SSSR count). The molecule has 1 amide bonds. The Morgan fingerprint density at radius 2 is 2.24 bits per heavy atom. The lowest BCUT2D eigenvalue weighted by Gasteiger charge is -2.41. The van der Waals surface area contributed by atoms with E-state index in [4.69, 9.17) is 4.74 Å². The van der Waals surface area contributed by atoms with Crippen molar-refractivity contribution in [1.29, 1.82) is 0 Å². The highest BCUT2D eigenvalue weighted by molar-refractivity contribution is 6.03. The molecule has 4 heteroatoms. The van der Waals surface area contributed by atoms with Gasteiger partial charge in [-0.1, -0.05) is 0 Å². The van der Waals surface area contributed by atoms with Gasteiger partial charge in [0.25, 0.3) is 0 Å². The molecular weight excluding hydrogens is 216 g/mol. The Morgan fingerprint density at radius 1 is 1.41 bits per heavy atom. The van der Waals surface area contributed by atoms with Crippen molar-refractivity contribution < 1.29 is 9.53 Å². The molecule has 90 valence electrons. The van der Waals surface area contributed by atoms with Crippen LogP contribution in [0.1, 0.15) is 19.3 Å². The molecule has 0 atom stereocenters. The van der Waals surface area contributed by atoms with Gasteiger partial charge < -0.3 is 15.0 Å². The maximum Gasteiger partial charge on any atom is 0.246 e. The largest absolute Gasteiger partial charge is 0.497 e. The van der Waals surface area contributed by atoms with Gasteiger partial charge in [0.15, 0.2) is 0 Å². The van der Waals surface area contributed by atoms with Gasteiger partial charge in [0, 0.05) is 12.1 Å². The topological polar surface area (TPSA) is 41.6 Å². The summed E-state index contributed by atoms with van der Waals surface area (Å²) in [5.41, 5.74) is 1.99. The Morgan fingerprint density at radius 3 is 2.88 bits per heavy atom. The van der Waals surface area contributed by atoms with Crippen LogP contribution in [0.15, 0.2) is 18.2 Å². The first kappa shape index (κ1) is 10.4. The number of rotatable bonds is 2. The van der Waals surface area contributed by atoms with E-state index in [1.165, 1.54) is 6.42 Å². The number of methoxy groups -OCH3 is 1. The van der Waals surface area contributed by atoms with Crippen molar-refractivity contribution in [3.05, 3.63) is 18.2 Å². The van der Waals surface area contributed by atoms with Crippen LogP contribution in [0.4, 0.5) is 11.4 Å². The summed E-state index contributed by atoms with van der Waals surface area (Å²) < 4.78 is 5.23. The second-order valence-electron chi connectivity index (χ2n) is 4.59. The zero-order valence-electron chi connectivity index (χ0n) is 9.90. The van der Waals surface area contributed by atoms with Crippen molar-refractivity contribution >= 4 is 17.3 Å². The van der Waals surface area contributed by atoms with Gasteiger partial charge in [-0.05, 0) is 31.4 Å². The van der Waals surface area contributed by atoms with Crippen LogP contribution in [-0.2, 0) is 4.79 Å². The van der Waals surface area contributed by atoms with Gasteiger partial charge in [0.2, 0.25) is 5.91 Å².